The molecule has 2 rings (SSSR count). The molecule has 5 nitrogen and oxygen atoms in total. The van der Waals surface area contributed by atoms with Crippen molar-refractivity contribution in [3.63, 3.8) is 0 Å². The number of aryl methyl sites for hydroxylation is 1. The molecule has 0 saturated heterocycles. The van der Waals surface area contributed by atoms with Crippen molar-refractivity contribution in [2.75, 3.05) is 0 Å². The van der Waals surface area contributed by atoms with Gasteiger partial charge in [-0.2, -0.15) is 10.2 Å². The number of amides is 1. The van der Waals surface area contributed by atoms with Crippen LogP contribution in [0, 0.1) is 0 Å². The van der Waals surface area contributed by atoms with Crippen LogP contribution in [0.5, 0.6) is 0 Å². The van der Waals surface area contributed by atoms with E-state index in [1.807, 2.05) is 12.1 Å². The Labute approximate surface area is 109 Å². The van der Waals surface area contributed by atoms with Crippen molar-refractivity contribution < 1.29 is 4.79 Å². The number of rotatable bonds is 3. The fraction of sp³-hybridized carbons (Fsp3) is 0.0833. The summed E-state index contributed by atoms with van der Waals surface area (Å²) in [5.74, 6) is -0.353. The second kappa shape index (κ2) is 5.46. The first-order valence-electron chi connectivity index (χ1n) is 5.24. The molecule has 0 unspecified atom stereocenters. The summed E-state index contributed by atoms with van der Waals surface area (Å²) in [6.45, 7) is 0. The molecular formula is C12H11ClN4O. The SMILES string of the molecule is Cn1ccc(C(=O)NN=Cc2cccc(Cl)c2)n1. The van der Waals surface area contributed by atoms with E-state index < -0.39 is 0 Å². The molecule has 6 heteroatoms. The van der Waals surface area contributed by atoms with Gasteiger partial charge in [0.15, 0.2) is 5.69 Å². The monoisotopic (exact) mass is 262 g/mol. The van der Waals surface area contributed by atoms with Crippen LogP contribution in [0.25, 0.3) is 0 Å². The van der Waals surface area contributed by atoms with E-state index in [4.69, 9.17) is 11.6 Å². The van der Waals surface area contributed by atoms with Crippen LogP contribution in [0.15, 0.2) is 41.6 Å². The van der Waals surface area contributed by atoms with Gasteiger partial charge in [-0.15, -0.1) is 0 Å². The number of benzene rings is 1. The van der Waals surface area contributed by atoms with E-state index >= 15 is 0 Å². The standard InChI is InChI=1S/C12H11ClN4O/c1-17-6-5-11(16-17)12(18)15-14-8-9-3-2-4-10(13)7-9/h2-8H,1H3,(H,15,18). The molecule has 2 aromatic rings. The lowest BCUT2D eigenvalue weighted by molar-refractivity contribution is 0.0949. The van der Waals surface area contributed by atoms with E-state index in [0.29, 0.717) is 10.7 Å². The molecule has 1 aromatic heterocycles. The van der Waals surface area contributed by atoms with Gasteiger partial charge in [0.1, 0.15) is 0 Å². The average molecular weight is 263 g/mol. The van der Waals surface area contributed by atoms with Crippen LogP contribution in [-0.4, -0.2) is 21.9 Å². The molecule has 18 heavy (non-hydrogen) atoms. The number of carbonyl (C=O) groups is 1. The van der Waals surface area contributed by atoms with Gasteiger partial charge in [-0.1, -0.05) is 23.7 Å². The van der Waals surface area contributed by atoms with Crippen LogP contribution in [0.4, 0.5) is 0 Å². The Kier molecular flexibility index (Phi) is 3.74. The number of nitrogens with zero attached hydrogens (tertiary/aromatic N) is 3. The first-order chi connectivity index (χ1) is 8.65. The van der Waals surface area contributed by atoms with E-state index in [2.05, 4.69) is 15.6 Å². The van der Waals surface area contributed by atoms with Crippen molar-refractivity contribution in [3.8, 4) is 0 Å². The number of hydrazone groups is 1. The molecule has 0 spiro atoms. The summed E-state index contributed by atoms with van der Waals surface area (Å²) in [5, 5.41) is 8.42. The van der Waals surface area contributed by atoms with Gasteiger partial charge in [0, 0.05) is 18.3 Å². The molecule has 0 aliphatic carbocycles. The Hall–Kier alpha value is -2.14. The highest BCUT2D eigenvalue weighted by Gasteiger charge is 2.06. The molecule has 0 fully saturated rings. The predicted molar refractivity (Wildman–Crippen MR) is 69.7 cm³/mol. The minimum Gasteiger partial charge on any atom is -0.275 e. The minimum absolute atomic E-state index is 0.320. The third kappa shape index (κ3) is 3.18. The lowest BCUT2D eigenvalue weighted by Crippen LogP contribution is -2.18. The van der Waals surface area contributed by atoms with Crippen LogP contribution < -0.4 is 5.43 Å². The zero-order chi connectivity index (χ0) is 13.0. The van der Waals surface area contributed by atoms with Gasteiger partial charge in [0.2, 0.25) is 0 Å². The van der Waals surface area contributed by atoms with Crippen molar-refractivity contribution >= 4 is 23.7 Å². The van der Waals surface area contributed by atoms with Gasteiger partial charge in [-0.3, -0.25) is 9.48 Å². The Bertz CT molecular complexity index is 591. The van der Waals surface area contributed by atoms with E-state index in [9.17, 15) is 4.79 Å². The van der Waals surface area contributed by atoms with Gasteiger partial charge < -0.3 is 0 Å². The quantitative estimate of drug-likeness (QED) is 0.678. The third-order valence-corrected chi connectivity index (χ3v) is 2.41. The lowest BCUT2D eigenvalue weighted by Gasteiger charge is -1.96. The summed E-state index contributed by atoms with van der Waals surface area (Å²) < 4.78 is 1.55. The minimum atomic E-state index is -0.353. The molecule has 1 N–H and O–H groups in total. The van der Waals surface area contributed by atoms with Gasteiger partial charge in [0.25, 0.3) is 5.91 Å². The maximum absolute atomic E-state index is 11.6. The maximum atomic E-state index is 11.6. The van der Waals surface area contributed by atoms with Gasteiger partial charge in [-0.25, -0.2) is 5.43 Å². The highest BCUT2D eigenvalue weighted by atomic mass is 35.5. The van der Waals surface area contributed by atoms with Gasteiger partial charge >= 0.3 is 0 Å². The second-order valence-corrected chi connectivity index (χ2v) is 4.07. The molecule has 0 radical (unpaired) electrons. The number of hydrogen-bond donors (Lipinski definition) is 1. The van der Waals surface area contributed by atoms with Crippen LogP contribution in [0.2, 0.25) is 5.02 Å². The largest absolute Gasteiger partial charge is 0.291 e. The van der Waals surface area contributed by atoms with Gasteiger partial charge in [0.05, 0.1) is 6.21 Å². The fourth-order valence-corrected chi connectivity index (χ4v) is 1.54. The summed E-state index contributed by atoms with van der Waals surface area (Å²) in [6.07, 6.45) is 3.21. The van der Waals surface area contributed by atoms with Crippen molar-refractivity contribution in [2.45, 2.75) is 0 Å². The highest BCUT2D eigenvalue weighted by Crippen LogP contribution is 2.08. The van der Waals surface area contributed by atoms with Crippen molar-refractivity contribution in [1.82, 2.24) is 15.2 Å². The van der Waals surface area contributed by atoms with Crippen LogP contribution in [-0.2, 0) is 7.05 Å². The second-order valence-electron chi connectivity index (χ2n) is 3.63. The maximum Gasteiger partial charge on any atom is 0.291 e. The third-order valence-electron chi connectivity index (χ3n) is 2.17. The van der Waals surface area contributed by atoms with Crippen LogP contribution >= 0.6 is 11.6 Å². The summed E-state index contributed by atoms with van der Waals surface area (Å²) >= 11 is 5.82. The number of hydrogen-bond acceptors (Lipinski definition) is 3. The molecule has 0 bridgehead atoms. The molecule has 0 aliphatic rings. The van der Waals surface area contributed by atoms with Crippen LogP contribution in [0.3, 0.4) is 0 Å². The average Bonchev–Trinajstić information content (AvgIpc) is 2.76. The van der Waals surface area contributed by atoms with Crippen molar-refractivity contribution in [1.29, 1.82) is 0 Å². The smallest absolute Gasteiger partial charge is 0.275 e. The summed E-state index contributed by atoms with van der Waals surface area (Å²) in [6, 6.07) is 8.78. The molecule has 0 saturated carbocycles. The Morgan fingerprint density at radius 3 is 3.00 bits per heavy atom. The molecule has 1 amide bonds. The molecular weight excluding hydrogens is 252 g/mol. The zero-order valence-corrected chi connectivity index (χ0v) is 10.4. The molecule has 92 valence electrons. The Morgan fingerprint density at radius 1 is 1.50 bits per heavy atom. The zero-order valence-electron chi connectivity index (χ0n) is 9.67. The van der Waals surface area contributed by atoms with Gasteiger partial charge in [-0.05, 0) is 23.8 Å². The number of halogens is 1. The van der Waals surface area contributed by atoms with E-state index in [0.717, 1.165) is 5.56 Å². The number of carbonyl (C=O) groups excluding carboxylic acids is 1. The molecule has 0 aliphatic heterocycles. The van der Waals surface area contributed by atoms with E-state index in [1.165, 1.54) is 6.21 Å². The normalized spacial score (nSPS) is 10.8. The van der Waals surface area contributed by atoms with E-state index in [1.54, 1.807) is 36.1 Å². The van der Waals surface area contributed by atoms with Crippen LogP contribution in [0.1, 0.15) is 16.1 Å². The predicted octanol–water partition coefficient (Wildman–Crippen LogP) is 1.84. The molecule has 1 heterocycles. The summed E-state index contributed by atoms with van der Waals surface area (Å²) in [7, 11) is 1.74. The van der Waals surface area contributed by atoms with E-state index in [-0.39, 0.29) is 5.91 Å². The Balaban J connectivity index is 1.97. The fourth-order valence-electron chi connectivity index (χ4n) is 1.35. The molecule has 1 aromatic carbocycles. The van der Waals surface area contributed by atoms with Crippen molar-refractivity contribution in [3.05, 3.63) is 52.8 Å². The summed E-state index contributed by atoms with van der Waals surface area (Å²) in [4.78, 5) is 11.6. The lowest BCUT2D eigenvalue weighted by atomic mass is 10.2. The first kappa shape index (κ1) is 12.3. The van der Waals surface area contributed by atoms with Crippen molar-refractivity contribution in [2.24, 2.45) is 12.1 Å². The number of aromatic nitrogens is 2. The highest BCUT2D eigenvalue weighted by molar-refractivity contribution is 6.30. The first-order valence-corrected chi connectivity index (χ1v) is 5.61. The number of nitrogens with one attached hydrogen (secondary N) is 1. The topological polar surface area (TPSA) is 59.3 Å². The summed E-state index contributed by atoms with van der Waals surface area (Å²) in [5.41, 5.74) is 3.52. The Morgan fingerprint density at radius 2 is 2.33 bits per heavy atom. The molecule has 0 atom stereocenters.